The Bertz CT molecular complexity index is 507. The number of benzene rings is 1. The fourth-order valence-electron chi connectivity index (χ4n) is 2.71. The lowest BCUT2D eigenvalue weighted by Crippen LogP contribution is -2.57. The van der Waals surface area contributed by atoms with Crippen LogP contribution in [0.2, 0.25) is 0 Å². The van der Waals surface area contributed by atoms with Gasteiger partial charge in [0.2, 0.25) is 0 Å². The van der Waals surface area contributed by atoms with E-state index in [2.05, 4.69) is 10.6 Å². The van der Waals surface area contributed by atoms with Gasteiger partial charge in [-0.2, -0.15) is 0 Å². The van der Waals surface area contributed by atoms with Crippen molar-refractivity contribution in [1.82, 2.24) is 5.32 Å². The van der Waals surface area contributed by atoms with Crippen molar-refractivity contribution in [2.45, 2.75) is 44.1 Å². The maximum absolute atomic E-state index is 12.8. The van der Waals surface area contributed by atoms with Crippen molar-refractivity contribution in [3.63, 3.8) is 0 Å². The van der Waals surface area contributed by atoms with Gasteiger partial charge in [0.1, 0.15) is 11.7 Å². The zero-order valence-corrected chi connectivity index (χ0v) is 11.9. The number of carbonyl (C=O) groups is 1. The molecule has 2 rings (SSSR count). The molecule has 2 amide bonds. The van der Waals surface area contributed by atoms with Gasteiger partial charge in [-0.05, 0) is 37.1 Å². The summed E-state index contributed by atoms with van der Waals surface area (Å²) in [6, 6.07) is 5.12. The van der Waals surface area contributed by atoms with Crippen molar-refractivity contribution in [2.24, 2.45) is 5.73 Å². The zero-order valence-electron chi connectivity index (χ0n) is 11.9. The molecule has 0 unspecified atom stereocenters. The summed E-state index contributed by atoms with van der Waals surface area (Å²) in [5.41, 5.74) is 5.46. The molecule has 0 aliphatic heterocycles. The van der Waals surface area contributed by atoms with Crippen molar-refractivity contribution < 1.29 is 9.18 Å². The third-order valence-corrected chi connectivity index (χ3v) is 3.93. The zero-order chi connectivity index (χ0) is 15.3. The largest absolute Gasteiger partial charge is 0.386 e. The number of halogens is 1. The molecule has 0 radical (unpaired) electrons. The quantitative estimate of drug-likeness (QED) is 0.392. The van der Waals surface area contributed by atoms with Crippen molar-refractivity contribution in [2.75, 3.05) is 5.32 Å². The van der Waals surface area contributed by atoms with E-state index in [1.165, 1.54) is 24.3 Å². The molecular formula is C15H21FN4O. The molecule has 5 nitrogen and oxygen atoms in total. The number of amides is 2. The first-order valence-corrected chi connectivity index (χ1v) is 7.21. The molecule has 0 heterocycles. The summed E-state index contributed by atoms with van der Waals surface area (Å²) in [6.07, 6.45) is 5.43. The third kappa shape index (κ3) is 3.93. The lowest BCUT2D eigenvalue weighted by atomic mass is 9.89. The normalized spacial score (nSPS) is 17.6. The highest BCUT2D eigenvalue weighted by Gasteiger charge is 2.35. The lowest BCUT2D eigenvalue weighted by molar-refractivity contribution is 0.241. The molecule has 114 valence electrons. The predicted octanol–water partition coefficient (Wildman–Crippen LogP) is 2.98. The maximum atomic E-state index is 12.8. The Labute approximate surface area is 123 Å². The van der Waals surface area contributed by atoms with E-state index in [9.17, 15) is 9.18 Å². The van der Waals surface area contributed by atoms with E-state index in [0.29, 0.717) is 18.5 Å². The van der Waals surface area contributed by atoms with Crippen LogP contribution in [0.3, 0.4) is 0 Å². The number of hydrogen-bond donors (Lipinski definition) is 4. The highest BCUT2D eigenvalue weighted by Crippen LogP contribution is 2.27. The second kappa shape index (κ2) is 6.56. The van der Waals surface area contributed by atoms with E-state index in [-0.39, 0.29) is 11.7 Å². The molecule has 1 aliphatic rings. The molecule has 0 saturated heterocycles. The number of amidine groups is 1. The summed E-state index contributed by atoms with van der Waals surface area (Å²) in [5, 5.41) is 13.3. The number of rotatable bonds is 3. The number of nitrogens with one attached hydrogen (secondary N) is 3. The Morgan fingerprint density at radius 3 is 2.24 bits per heavy atom. The van der Waals surface area contributed by atoms with Gasteiger partial charge in [0.25, 0.3) is 0 Å². The molecule has 0 atom stereocenters. The molecule has 1 saturated carbocycles. The van der Waals surface area contributed by atoms with E-state index in [1.807, 2.05) is 0 Å². The lowest BCUT2D eigenvalue weighted by Gasteiger charge is -2.32. The predicted molar refractivity (Wildman–Crippen MR) is 80.9 cm³/mol. The van der Waals surface area contributed by atoms with Crippen LogP contribution in [-0.4, -0.2) is 17.4 Å². The Morgan fingerprint density at radius 2 is 1.71 bits per heavy atom. The van der Waals surface area contributed by atoms with Crippen molar-refractivity contribution in [3.8, 4) is 0 Å². The van der Waals surface area contributed by atoms with Crippen molar-refractivity contribution in [3.05, 3.63) is 30.1 Å². The van der Waals surface area contributed by atoms with E-state index in [0.717, 1.165) is 25.7 Å². The van der Waals surface area contributed by atoms with Crippen LogP contribution in [0.15, 0.2) is 24.3 Å². The minimum atomic E-state index is -0.763. The molecule has 1 fully saturated rings. The molecule has 1 aromatic carbocycles. The van der Waals surface area contributed by atoms with Crippen molar-refractivity contribution >= 4 is 17.6 Å². The number of anilines is 1. The number of urea groups is 1. The van der Waals surface area contributed by atoms with E-state index >= 15 is 0 Å². The van der Waals surface area contributed by atoms with E-state index in [1.54, 1.807) is 0 Å². The highest BCUT2D eigenvalue weighted by molar-refractivity contribution is 5.96. The molecule has 0 aromatic heterocycles. The first-order chi connectivity index (χ1) is 10.0. The molecule has 6 heteroatoms. The van der Waals surface area contributed by atoms with Gasteiger partial charge in [-0.3, -0.25) is 5.41 Å². The van der Waals surface area contributed by atoms with Gasteiger partial charge in [0, 0.05) is 5.69 Å². The van der Waals surface area contributed by atoms with Crippen LogP contribution in [0, 0.1) is 11.2 Å². The van der Waals surface area contributed by atoms with Gasteiger partial charge >= 0.3 is 6.03 Å². The van der Waals surface area contributed by atoms with Crippen LogP contribution in [-0.2, 0) is 0 Å². The average molecular weight is 292 g/mol. The molecule has 0 spiro atoms. The van der Waals surface area contributed by atoms with Gasteiger partial charge in [-0.25, -0.2) is 9.18 Å². The second-order valence-corrected chi connectivity index (χ2v) is 5.50. The van der Waals surface area contributed by atoms with Crippen LogP contribution >= 0.6 is 0 Å². The van der Waals surface area contributed by atoms with E-state index < -0.39 is 11.6 Å². The van der Waals surface area contributed by atoms with Gasteiger partial charge < -0.3 is 16.4 Å². The number of nitrogens with two attached hydrogens (primary N) is 1. The Hall–Kier alpha value is -2.11. The maximum Gasteiger partial charge on any atom is 0.320 e. The van der Waals surface area contributed by atoms with Gasteiger partial charge in [0.05, 0.1) is 5.54 Å². The van der Waals surface area contributed by atoms with Crippen LogP contribution < -0.4 is 16.4 Å². The minimum absolute atomic E-state index is 0.00124. The minimum Gasteiger partial charge on any atom is -0.386 e. The van der Waals surface area contributed by atoms with Crippen LogP contribution in [0.1, 0.15) is 38.5 Å². The average Bonchev–Trinajstić information content (AvgIpc) is 2.68. The monoisotopic (exact) mass is 292 g/mol. The summed E-state index contributed by atoms with van der Waals surface area (Å²) < 4.78 is 12.8. The number of carbonyl (C=O) groups excluding carboxylic acids is 1. The molecule has 1 aromatic rings. The van der Waals surface area contributed by atoms with Crippen molar-refractivity contribution in [1.29, 1.82) is 5.41 Å². The first-order valence-electron chi connectivity index (χ1n) is 7.21. The molecular weight excluding hydrogens is 271 g/mol. The van der Waals surface area contributed by atoms with Gasteiger partial charge in [-0.15, -0.1) is 0 Å². The fraction of sp³-hybridized carbons (Fsp3) is 0.467. The summed E-state index contributed by atoms with van der Waals surface area (Å²) in [6.45, 7) is 0. The van der Waals surface area contributed by atoms with Crippen LogP contribution in [0.4, 0.5) is 14.9 Å². The summed E-state index contributed by atoms with van der Waals surface area (Å²) in [4.78, 5) is 12.1. The Balaban J connectivity index is 2.04. The highest BCUT2D eigenvalue weighted by atomic mass is 19.1. The second-order valence-electron chi connectivity index (χ2n) is 5.50. The van der Waals surface area contributed by atoms with Crippen LogP contribution in [0.25, 0.3) is 0 Å². The molecule has 1 aliphatic carbocycles. The summed E-state index contributed by atoms with van der Waals surface area (Å²) in [7, 11) is 0. The fourth-order valence-corrected chi connectivity index (χ4v) is 2.71. The Morgan fingerprint density at radius 1 is 1.14 bits per heavy atom. The smallest absolute Gasteiger partial charge is 0.320 e. The third-order valence-electron chi connectivity index (χ3n) is 3.93. The molecule has 5 N–H and O–H groups in total. The SMILES string of the molecule is N=C(N)C1(NC(=O)Nc2ccc(F)cc2)CCCCCC1. The first kappa shape index (κ1) is 15.3. The van der Waals surface area contributed by atoms with Crippen LogP contribution in [0.5, 0.6) is 0 Å². The summed E-state index contributed by atoms with van der Waals surface area (Å²) in [5.74, 6) is -0.358. The molecule has 21 heavy (non-hydrogen) atoms. The summed E-state index contributed by atoms with van der Waals surface area (Å²) >= 11 is 0. The van der Waals surface area contributed by atoms with Gasteiger partial charge in [0.15, 0.2) is 0 Å². The molecule has 0 bridgehead atoms. The topological polar surface area (TPSA) is 91.0 Å². The van der Waals surface area contributed by atoms with E-state index in [4.69, 9.17) is 11.1 Å². The number of hydrogen-bond acceptors (Lipinski definition) is 2. The van der Waals surface area contributed by atoms with Gasteiger partial charge in [-0.1, -0.05) is 25.7 Å². The standard InChI is InChI=1S/C15H21FN4O/c16-11-5-7-12(8-6-11)19-14(21)20-15(13(17)18)9-3-1-2-4-10-15/h5-8H,1-4,9-10H2,(H3,17,18)(H2,19,20,21). The Kier molecular flexibility index (Phi) is 4.77.